The molecule has 21 heavy (non-hydrogen) atoms. The highest BCUT2D eigenvalue weighted by molar-refractivity contribution is 9.10. The lowest BCUT2D eigenvalue weighted by atomic mass is 10.2. The van der Waals surface area contributed by atoms with Crippen LogP contribution in [0.5, 0.6) is 0 Å². The summed E-state index contributed by atoms with van der Waals surface area (Å²) < 4.78 is 2.60. The Kier molecular flexibility index (Phi) is 4.81. The van der Waals surface area contributed by atoms with Crippen molar-refractivity contribution in [3.63, 3.8) is 0 Å². The third-order valence-electron chi connectivity index (χ3n) is 3.32. The Morgan fingerprint density at radius 3 is 2.76 bits per heavy atom. The number of carbonyl (C=O) groups excluding carboxylic acids is 1. The van der Waals surface area contributed by atoms with Gasteiger partial charge in [-0.1, -0.05) is 19.1 Å². The summed E-state index contributed by atoms with van der Waals surface area (Å²) in [5.41, 5.74) is 1.56. The Balaban J connectivity index is 2.50. The molecule has 1 N–H and O–H groups in total. The molecule has 2 aromatic rings. The number of hydrogen-bond acceptors (Lipinski definition) is 2. The van der Waals surface area contributed by atoms with Crippen LogP contribution in [0, 0.1) is 11.3 Å². The number of nitrogens with zero attached hydrogens (tertiary/aromatic N) is 2. The molecular formula is C16H16BrN3O. The number of hydrogen-bond donors (Lipinski definition) is 1. The second kappa shape index (κ2) is 6.59. The zero-order valence-corrected chi connectivity index (χ0v) is 13.5. The smallest absolute Gasteiger partial charge is 0.269 e. The molecular weight excluding hydrogens is 330 g/mol. The fraction of sp³-hybridized carbons (Fsp3) is 0.250. The molecule has 0 saturated carbocycles. The number of halogens is 1. The fourth-order valence-corrected chi connectivity index (χ4v) is 2.47. The average molecular weight is 346 g/mol. The van der Waals surface area contributed by atoms with Crippen molar-refractivity contribution in [1.82, 2.24) is 9.88 Å². The van der Waals surface area contributed by atoms with Gasteiger partial charge in [0.2, 0.25) is 0 Å². The van der Waals surface area contributed by atoms with Gasteiger partial charge in [0.05, 0.1) is 11.3 Å². The first kappa shape index (κ1) is 15.3. The molecule has 1 atom stereocenters. The van der Waals surface area contributed by atoms with Gasteiger partial charge in [0.1, 0.15) is 11.8 Å². The van der Waals surface area contributed by atoms with Crippen LogP contribution >= 0.6 is 15.9 Å². The lowest BCUT2D eigenvalue weighted by molar-refractivity contribution is 0.0932. The van der Waals surface area contributed by atoms with Crippen LogP contribution in [0.4, 0.5) is 0 Å². The van der Waals surface area contributed by atoms with Crippen LogP contribution in [0.3, 0.4) is 0 Å². The van der Waals surface area contributed by atoms with E-state index < -0.39 is 0 Å². The molecule has 1 aromatic carbocycles. The van der Waals surface area contributed by atoms with E-state index in [-0.39, 0.29) is 11.9 Å². The van der Waals surface area contributed by atoms with Gasteiger partial charge in [-0.05, 0) is 47.5 Å². The molecule has 0 aliphatic heterocycles. The zero-order valence-electron chi connectivity index (χ0n) is 11.9. The van der Waals surface area contributed by atoms with E-state index in [1.165, 1.54) is 0 Å². The van der Waals surface area contributed by atoms with Crippen LogP contribution in [0.25, 0.3) is 5.69 Å². The highest BCUT2D eigenvalue weighted by atomic mass is 79.9. The van der Waals surface area contributed by atoms with E-state index in [2.05, 4.69) is 27.3 Å². The summed E-state index contributed by atoms with van der Waals surface area (Å²) in [6.07, 6.45) is 2.58. The van der Waals surface area contributed by atoms with E-state index in [4.69, 9.17) is 0 Å². The Hall–Kier alpha value is -2.06. The van der Waals surface area contributed by atoms with E-state index in [0.29, 0.717) is 11.3 Å². The number of amides is 1. The van der Waals surface area contributed by atoms with Crippen LogP contribution in [0.1, 0.15) is 36.3 Å². The van der Waals surface area contributed by atoms with Gasteiger partial charge in [-0.3, -0.25) is 4.79 Å². The lowest BCUT2D eigenvalue weighted by Gasteiger charge is -2.15. The Bertz CT molecular complexity index is 700. The zero-order chi connectivity index (χ0) is 15.4. The summed E-state index contributed by atoms with van der Waals surface area (Å²) in [7, 11) is 0. The van der Waals surface area contributed by atoms with Crippen molar-refractivity contribution in [2.75, 3.05) is 0 Å². The van der Waals surface area contributed by atoms with E-state index in [9.17, 15) is 10.1 Å². The second-order valence-corrected chi connectivity index (χ2v) is 5.65. The number of nitriles is 1. The second-order valence-electron chi connectivity index (χ2n) is 4.79. The molecule has 108 valence electrons. The van der Waals surface area contributed by atoms with Crippen molar-refractivity contribution in [3.05, 3.63) is 52.3 Å². The summed E-state index contributed by atoms with van der Waals surface area (Å²) >= 11 is 3.48. The van der Waals surface area contributed by atoms with Gasteiger partial charge in [-0.2, -0.15) is 5.26 Å². The van der Waals surface area contributed by atoms with Crippen molar-refractivity contribution in [2.45, 2.75) is 26.3 Å². The highest BCUT2D eigenvalue weighted by Crippen LogP contribution is 2.24. The van der Waals surface area contributed by atoms with Gasteiger partial charge < -0.3 is 9.88 Å². The van der Waals surface area contributed by atoms with Crippen molar-refractivity contribution < 1.29 is 4.79 Å². The predicted molar refractivity (Wildman–Crippen MR) is 85.4 cm³/mol. The maximum atomic E-state index is 12.5. The maximum Gasteiger partial charge on any atom is 0.269 e. The van der Waals surface area contributed by atoms with Crippen molar-refractivity contribution in [2.24, 2.45) is 0 Å². The standard InChI is InChI=1S/C16H16BrN3O/c1-3-11(2)19-16(21)15-12(10-18)8-9-20(15)14-7-5-4-6-13(14)17/h4-9,11H,3H2,1-2H3,(H,19,21). The minimum Gasteiger partial charge on any atom is -0.348 e. The Labute approximate surface area is 132 Å². The lowest BCUT2D eigenvalue weighted by Crippen LogP contribution is -2.33. The Morgan fingerprint density at radius 1 is 1.43 bits per heavy atom. The van der Waals surface area contributed by atoms with E-state index in [1.807, 2.05) is 38.1 Å². The van der Waals surface area contributed by atoms with Crippen LogP contribution < -0.4 is 5.32 Å². The largest absolute Gasteiger partial charge is 0.348 e. The monoisotopic (exact) mass is 345 g/mol. The summed E-state index contributed by atoms with van der Waals surface area (Å²) in [5.74, 6) is -0.235. The van der Waals surface area contributed by atoms with Gasteiger partial charge >= 0.3 is 0 Å². The third-order valence-corrected chi connectivity index (χ3v) is 3.99. The van der Waals surface area contributed by atoms with Crippen molar-refractivity contribution in [3.8, 4) is 11.8 Å². The molecule has 0 bridgehead atoms. The molecule has 0 fully saturated rings. The number of aromatic nitrogens is 1. The molecule has 4 nitrogen and oxygen atoms in total. The molecule has 2 rings (SSSR count). The van der Waals surface area contributed by atoms with Gasteiger partial charge in [-0.15, -0.1) is 0 Å². The number of rotatable bonds is 4. The first-order chi connectivity index (χ1) is 10.1. The number of para-hydroxylation sites is 1. The number of nitrogens with one attached hydrogen (secondary N) is 1. The molecule has 1 amide bonds. The summed E-state index contributed by atoms with van der Waals surface area (Å²) in [6, 6.07) is 11.4. The first-order valence-corrected chi connectivity index (χ1v) is 7.55. The molecule has 0 radical (unpaired) electrons. The van der Waals surface area contributed by atoms with Crippen LogP contribution in [-0.2, 0) is 0 Å². The predicted octanol–water partition coefficient (Wildman–Crippen LogP) is 3.64. The average Bonchev–Trinajstić information content (AvgIpc) is 2.91. The van der Waals surface area contributed by atoms with Gasteiger partial charge in [0.15, 0.2) is 0 Å². The van der Waals surface area contributed by atoms with Crippen LogP contribution in [-0.4, -0.2) is 16.5 Å². The SMILES string of the molecule is CCC(C)NC(=O)c1c(C#N)ccn1-c1ccccc1Br. The van der Waals surface area contributed by atoms with Gasteiger partial charge in [0, 0.05) is 16.7 Å². The molecule has 0 aliphatic rings. The molecule has 0 aliphatic carbocycles. The normalized spacial score (nSPS) is 11.7. The molecule has 1 heterocycles. The molecule has 1 aromatic heterocycles. The molecule has 1 unspecified atom stereocenters. The molecule has 0 saturated heterocycles. The summed E-state index contributed by atoms with van der Waals surface area (Å²) in [4.78, 5) is 12.5. The van der Waals surface area contributed by atoms with E-state index in [0.717, 1.165) is 16.6 Å². The fourth-order valence-electron chi connectivity index (χ4n) is 2.00. The summed E-state index contributed by atoms with van der Waals surface area (Å²) in [5, 5.41) is 12.1. The van der Waals surface area contributed by atoms with Crippen LogP contribution in [0.2, 0.25) is 0 Å². The molecule has 5 heteroatoms. The highest BCUT2D eigenvalue weighted by Gasteiger charge is 2.20. The van der Waals surface area contributed by atoms with Crippen molar-refractivity contribution in [1.29, 1.82) is 5.26 Å². The van der Waals surface area contributed by atoms with Gasteiger partial charge in [-0.25, -0.2) is 0 Å². The topological polar surface area (TPSA) is 57.8 Å². The first-order valence-electron chi connectivity index (χ1n) is 6.75. The van der Waals surface area contributed by atoms with E-state index in [1.54, 1.807) is 16.8 Å². The minimum absolute atomic E-state index is 0.0617. The van der Waals surface area contributed by atoms with E-state index >= 15 is 0 Å². The van der Waals surface area contributed by atoms with Crippen LogP contribution in [0.15, 0.2) is 41.0 Å². The third kappa shape index (κ3) is 3.17. The molecule has 0 spiro atoms. The number of carbonyl (C=O) groups is 1. The quantitative estimate of drug-likeness (QED) is 0.919. The Morgan fingerprint density at radius 2 is 2.14 bits per heavy atom. The minimum atomic E-state index is -0.235. The summed E-state index contributed by atoms with van der Waals surface area (Å²) in [6.45, 7) is 3.94. The van der Waals surface area contributed by atoms with Gasteiger partial charge in [0.25, 0.3) is 5.91 Å². The number of benzene rings is 1. The maximum absolute atomic E-state index is 12.5. The van der Waals surface area contributed by atoms with Crippen molar-refractivity contribution >= 4 is 21.8 Å².